The molecule has 0 aliphatic heterocycles. The molecule has 0 saturated carbocycles. The highest BCUT2D eigenvalue weighted by Crippen LogP contribution is 2.24. The summed E-state index contributed by atoms with van der Waals surface area (Å²) in [6.07, 6.45) is 3.16. The third kappa shape index (κ3) is 3.76. The zero-order valence-electron chi connectivity index (χ0n) is 10.8. The average molecular weight is 241 g/mol. The Hall–Kier alpha value is -0.610. The maximum absolute atomic E-state index is 4.51. The van der Waals surface area contributed by atoms with E-state index in [-0.39, 0.29) is 0 Å². The summed E-state index contributed by atoms with van der Waals surface area (Å²) in [7, 11) is 0. The van der Waals surface area contributed by atoms with E-state index in [0.717, 1.165) is 24.8 Å². The molecule has 0 radical (unpaired) electrons. The van der Waals surface area contributed by atoms with Gasteiger partial charge in [-0.05, 0) is 26.8 Å². The van der Waals surface area contributed by atoms with Gasteiger partial charge >= 0.3 is 0 Å². The number of hydrogen-bond donors (Lipinski definition) is 1. The van der Waals surface area contributed by atoms with Gasteiger partial charge in [-0.1, -0.05) is 13.8 Å². The molecule has 0 bridgehead atoms. The fraction of sp³-hybridized carbons (Fsp3) is 0.750. The summed E-state index contributed by atoms with van der Waals surface area (Å²) in [6, 6.07) is 0.526. The summed E-state index contributed by atoms with van der Waals surface area (Å²) < 4.78 is 0. The Labute approximate surface area is 103 Å². The lowest BCUT2D eigenvalue weighted by atomic mass is 10.3. The van der Waals surface area contributed by atoms with Gasteiger partial charge in [0.2, 0.25) is 0 Å². The van der Waals surface area contributed by atoms with Gasteiger partial charge in [0.05, 0.1) is 0 Å². The molecule has 0 fully saturated rings. The fourth-order valence-electron chi connectivity index (χ4n) is 1.58. The summed E-state index contributed by atoms with van der Waals surface area (Å²) in [4.78, 5) is 8.21. The van der Waals surface area contributed by atoms with Crippen LogP contribution >= 0.6 is 11.3 Å². The van der Waals surface area contributed by atoms with E-state index in [1.165, 1.54) is 11.3 Å². The molecule has 1 aromatic heterocycles. The van der Waals surface area contributed by atoms with Crippen LogP contribution in [0.5, 0.6) is 0 Å². The normalized spacial score (nSPS) is 11.1. The highest BCUT2D eigenvalue weighted by Gasteiger charge is 2.13. The third-order valence-corrected chi connectivity index (χ3v) is 3.46. The lowest BCUT2D eigenvalue weighted by molar-refractivity contribution is 0.669. The second-order valence-corrected chi connectivity index (χ2v) is 5.27. The van der Waals surface area contributed by atoms with Crippen LogP contribution in [0.15, 0.2) is 6.20 Å². The Morgan fingerprint density at radius 2 is 2.19 bits per heavy atom. The van der Waals surface area contributed by atoms with Crippen LogP contribution in [0.4, 0.5) is 5.13 Å². The Kier molecular flexibility index (Phi) is 5.77. The van der Waals surface area contributed by atoms with E-state index >= 15 is 0 Å². The third-order valence-electron chi connectivity index (χ3n) is 2.42. The van der Waals surface area contributed by atoms with Gasteiger partial charge in [0, 0.05) is 30.2 Å². The summed E-state index contributed by atoms with van der Waals surface area (Å²) in [5.74, 6) is 0. The fourth-order valence-corrected chi connectivity index (χ4v) is 2.61. The Morgan fingerprint density at radius 1 is 1.44 bits per heavy atom. The molecule has 3 nitrogen and oxygen atoms in total. The summed E-state index contributed by atoms with van der Waals surface area (Å²) in [5.41, 5.74) is 0. The van der Waals surface area contributed by atoms with Crippen molar-refractivity contribution < 1.29 is 0 Å². The first-order valence-electron chi connectivity index (χ1n) is 6.11. The zero-order valence-corrected chi connectivity index (χ0v) is 11.6. The monoisotopic (exact) mass is 241 g/mol. The molecule has 1 aromatic rings. The van der Waals surface area contributed by atoms with Crippen LogP contribution in [0.3, 0.4) is 0 Å². The predicted molar refractivity (Wildman–Crippen MR) is 72.3 cm³/mol. The number of rotatable bonds is 7. The van der Waals surface area contributed by atoms with Gasteiger partial charge in [0.15, 0.2) is 5.13 Å². The molecule has 1 rings (SSSR count). The molecule has 1 N–H and O–H groups in total. The van der Waals surface area contributed by atoms with Gasteiger partial charge in [0.1, 0.15) is 0 Å². The van der Waals surface area contributed by atoms with E-state index in [4.69, 9.17) is 0 Å². The van der Waals surface area contributed by atoms with Gasteiger partial charge in [-0.3, -0.25) is 0 Å². The van der Waals surface area contributed by atoms with E-state index in [1.54, 1.807) is 11.3 Å². The van der Waals surface area contributed by atoms with Gasteiger partial charge in [-0.15, -0.1) is 11.3 Å². The highest BCUT2D eigenvalue weighted by atomic mass is 32.1. The first kappa shape index (κ1) is 13.5. The molecular weight excluding hydrogens is 218 g/mol. The van der Waals surface area contributed by atoms with Crippen LogP contribution in [-0.2, 0) is 6.54 Å². The van der Waals surface area contributed by atoms with Crippen molar-refractivity contribution in [1.82, 2.24) is 10.3 Å². The van der Waals surface area contributed by atoms with E-state index in [9.17, 15) is 0 Å². The van der Waals surface area contributed by atoms with Crippen molar-refractivity contribution in [2.45, 2.75) is 46.7 Å². The van der Waals surface area contributed by atoms with Gasteiger partial charge in [-0.25, -0.2) is 4.98 Å². The topological polar surface area (TPSA) is 28.2 Å². The minimum absolute atomic E-state index is 0.526. The molecule has 0 aliphatic rings. The van der Waals surface area contributed by atoms with E-state index in [2.05, 4.69) is 42.9 Å². The molecule has 0 amide bonds. The predicted octanol–water partition coefficient (Wildman–Crippen LogP) is 2.88. The summed E-state index contributed by atoms with van der Waals surface area (Å²) in [5, 5.41) is 4.49. The molecule has 0 aliphatic carbocycles. The second kappa shape index (κ2) is 6.86. The van der Waals surface area contributed by atoms with Crippen LogP contribution in [0.25, 0.3) is 0 Å². The number of thiazole rings is 1. The van der Waals surface area contributed by atoms with E-state index < -0.39 is 0 Å². The van der Waals surface area contributed by atoms with Crippen molar-refractivity contribution in [3.8, 4) is 0 Å². The SMILES string of the molecule is CCCN(c1ncc(CNCC)s1)C(C)C. The molecule has 16 heavy (non-hydrogen) atoms. The second-order valence-electron chi connectivity index (χ2n) is 4.18. The number of hydrogen-bond acceptors (Lipinski definition) is 4. The quantitative estimate of drug-likeness (QED) is 0.795. The minimum Gasteiger partial charge on any atom is -0.346 e. The molecule has 0 atom stereocenters. The molecule has 0 saturated heterocycles. The van der Waals surface area contributed by atoms with Crippen LogP contribution < -0.4 is 10.2 Å². The lowest BCUT2D eigenvalue weighted by Crippen LogP contribution is -2.31. The highest BCUT2D eigenvalue weighted by molar-refractivity contribution is 7.15. The summed E-state index contributed by atoms with van der Waals surface area (Å²) >= 11 is 1.80. The van der Waals surface area contributed by atoms with E-state index in [1.807, 2.05) is 6.20 Å². The van der Waals surface area contributed by atoms with Gasteiger partial charge < -0.3 is 10.2 Å². The summed E-state index contributed by atoms with van der Waals surface area (Å²) in [6.45, 7) is 11.8. The number of aromatic nitrogens is 1. The largest absolute Gasteiger partial charge is 0.346 e. The first-order valence-corrected chi connectivity index (χ1v) is 6.92. The maximum atomic E-state index is 4.51. The standard InChI is InChI=1S/C12H23N3S/c1-5-7-15(10(3)4)12-14-9-11(16-12)8-13-6-2/h9-10,13H,5-8H2,1-4H3. The number of nitrogens with one attached hydrogen (secondary N) is 1. The van der Waals surface area contributed by atoms with Crippen LogP contribution in [0.1, 0.15) is 39.0 Å². The molecular formula is C12H23N3S. The number of anilines is 1. The Morgan fingerprint density at radius 3 is 2.75 bits per heavy atom. The Balaban J connectivity index is 2.65. The van der Waals surface area contributed by atoms with Crippen molar-refractivity contribution >= 4 is 16.5 Å². The van der Waals surface area contributed by atoms with Crippen molar-refractivity contribution in [2.24, 2.45) is 0 Å². The van der Waals surface area contributed by atoms with Gasteiger partial charge in [-0.2, -0.15) is 0 Å². The van der Waals surface area contributed by atoms with Gasteiger partial charge in [0.25, 0.3) is 0 Å². The van der Waals surface area contributed by atoms with Crippen molar-refractivity contribution in [3.63, 3.8) is 0 Å². The van der Waals surface area contributed by atoms with Crippen molar-refractivity contribution in [2.75, 3.05) is 18.0 Å². The van der Waals surface area contributed by atoms with Crippen LogP contribution in [-0.4, -0.2) is 24.1 Å². The van der Waals surface area contributed by atoms with Crippen molar-refractivity contribution in [1.29, 1.82) is 0 Å². The zero-order chi connectivity index (χ0) is 12.0. The van der Waals surface area contributed by atoms with E-state index in [0.29, 0.717) is 6.04 Å². The van der Waals surface area contributed by atoms with Crippen molar-refractivity contribution in [3.05, 3.63) is 11.1 Å². The maximum Gasteiger partial charge on any atom is 0.185 e. The first-order chi connectivity index (χ1) is 7.69. The number of nitrogens with zero attached hydrogens (tertiary/aromatic N) is 2. The average Bonchev–Trinajstić information content (AvgIpc) is 2.70. The minimum atomic E-state index is 0.526. The smallest absolute Gasteiger partial charge is 0.185 e. The molecule has 0 spiro atoms. The molecule has 0 aromatic carbocycles. The molecule has 4 heteroatoms. The lowest BCUT2D eigenvalue weighted by Gasteiger charge is -2.25. The Bertz CT molecular complexity index is 296. The van der Waals surface area contributed by atoms with Crippen LogP contribution in [0, 0.1) is 0 Å². The molecule has 1 heterocycles. The van der Waals surface area contributed by atoms with Crippen LogP contribution in [0.2, 0.25) is 0 Å². The molecule has 92 valence electrons. The molecule has 0 unspecified atom stereocenters.